The quantitative estimate of drug-likeness (QED) is 0.821. The third-order valence-corrected chi connectivity index (χ3v) is 4.11. The number of carboxylic acids is 1. The molecular formula is C15H17ClFNO3. The lowest BCUT2D eigenvalue weighted by molar-refractivity contribution is -0.153. The van der Waals surface area contributed by atoms with Crippen LogP contribution < -0.4 is 0 Å². The van der Waals surface area contributed by atoms with Crippen LogP contribution in [0, 0.1) is 11.2 Å². The van der Waals surface area contributed by atoms with E-state index in [9.17, 15) is 19.1 Å². The Kier molecular flexibility index (Phi) is 4.52. The lowest BCUT2D eigenvalue weighted by atomic mass is 10.0. The van der Waals surface area contributed by atoms with Crippen LogP contribution in [0.3, 0.4) is 0 Å². The number of halogens is 2. The minimum Gasteiger partial charge on any atom is -0.480 e. The van der Waals surface area contributed by atoms with E-state index in [1.165, 1.54) is 17.0 Å². The molecule has 1 fully saturated rings. The van der Waals surface area contributed by atoms with E-state index in [1.807, 2.05) is 6.92 Å². The molecule has 0 saturated heterocycles. The van der Waals surface area contributed by atoms with Crippen molar-refractivity contribution in [2.24, 2.45) is 5.41 Å². The van der Waals surface area contributed by atoms with Gasteiger partial charge in [0.15, 0.2) is 0 Å². The Labute approximate surface area is 127 Å². The Balaban J connectivity index is 2.24. The van der Waals surface area contributed by atoms with Crippen molar-refractivity contribution < 1.29 is 19.1 Å². The molecule has 0 atom stereocenters. The van der Waals surface area contributed by atoms with Gasteiger partial charge < -0.3 is 10.0 Å². The summed E-state index contributed by atoms with van der Waals surface area (Å²) in [6, 6.07) is 4.32. The number of carboxylic acid groups (broad SMARTS) is 1. The number of nitrogens with zero attached hydrogens (tertiary/aromatic N) is 1. The van der Waals surface area contributed by atoms with E-state index < -0.39 is 23.1 Å². The highest BCUT2D eigenvalue weighted by molar-refractivity contribution is 6.31. The molecule has 114 valence electrons. The molecule has 1 amide bonds. The van der Waals surface area contributed by atoms with Crippen LogP contribution in [0.25, 0.3) is 0 Å². The third-order valence-electron chi connectivity index (χ3n) is 3.76. The summed E-state index contributed by atoms with van der Waals surface area (Å²) in [5.74, 6) is -2.04. The largest absolute Gasteiger partial charge is 0.480 e. The fourth-order valence-corrected chi connectivity index (χ4v) is 2.57. The van der Waals surface area contributed by atoms with E-state index >= 15 is 0 Å². The summed E-state index contributed by atoms with van der Waals surface area (Å²) in [5.41, 5.74) is -1.09. The number of amides is 1. The Bertz CT molecular complexity index is 552. The lowest BCUT2D eigenvalue weighted by Crippen LogP contribution is -2.41. The fourth-order valence-electron chi connectivity index (χ4n) is 2.34. The van der Waals surface area contributed by atoms with Crippen molar-refractivity contribution in [2.45, 2.75) is 32.7 Å². The molecule has 1 saturated carbocycles. The molecule has 1 aromatic carbocycles. The zero-order valence-electron chi connectivity index (χ0n) is 11.7. The average Bonchev–Trinajstić information content (AvgIpc) is 3.22. The second-order valence-corrected chi connectivity index (χ2v) is 5.72. The first-order chi connectivity index (χ1) is 9.92. The predicted octanol–water partition coefficient (Wildman–Crippen LogP) is 3.08. The molecule has 1 aliphatic carbocycles. The zero-order valence-corrected chi connectivity index (χ0v) is 12.5. The molecule has 0 spiro atoms. The summed E-state index contributed by atoms with van der Waals surface area (Å²) in [6.07, 6.45) is 1.34. The molecule has 21 heavy (non-hydrogen) atoms. The highest BCUT2D eigenvalue weighted by Crippen LogP contribution is 2.47. The number of carbonyl (C=O) groups is 2. The van der Waals surface area contributed by atoms with Crippen molar-refractivity contribution in [3.63, 3.8) is 0 Å². The van der Waals surface area contributed by atoms with Crippen LogP contribution in [-0.2, 0) is 16.1 Å². The van der Waals surface area contributed by atoms with Crippen molar-refractivity contribution in [1.82, 2.24) is 4.90 Å². The molecule has 0 bridgehead atoms. The topological polar surface area (TPSA) is 57.6 Å². The van der Waals surface area contributed by atoms with E-state index in [-0.39, 0.29) is 17.1 Å². The van der Waals surface area contributed by atoms with E-state index in [1.54, 1.807) is 6.07 Å². The minimum absolute atomic E-state index is 0.00674. The van der Waals surface area contributed by atoms with Gasteiger partial charge in [-0.05, 0) is 31.4 Å². The molecule has 0 radical (unpaired) electrons. The van der Waals surface area contributed by atoms with Gasteiger partial charge in [-0.1, -0.05) is 24.6 Å². The summed E-state index contributed by atoms with van der Waals surface area (Å²) in [7, 11) is 0. The maximum absolute atomic E-state index is 13.8. The molecule has 0 unspecified atom stereocenters. The Morgan fingerprint density at radius 1 is 1.43 bits per heavy atom. The van der Waals surface area contributed by atoms with Crippen molar-refractivity contribution in [3.05, 3.63) is 34.6 Å². The first-order valence-electron chi connectivity index (χ1n) is 6.88. The number of hydrogen-bond donors (Lipinski definition) is 1. The van der Waals surface area contributed by atoms with E-state index in [4.69, 9.17) is 11.6 Å². The van der Waals surface area contributed by atoms with Crippen molar-refractivity contribution in [1.29, 1.82) is 0 Å². The van der Waals surface area contributed by atoms with Gasteiger partial charge in [0.2, 0.25) is 5.91 Å². The standard InChI is InChI=1S/C15H17ClFNO3/c1-2-8-18(13(19)15(6-7-15)14(20)21)9-10-11(16)4-3-5-12(10)17/h3-5H,2,6-9H2,1H3,(H,20,21). The van der Waals surface area contributed by atoms with Crippen LogP contribution >= 0.6 is 11.6 Å². The van der Waals surface area contributed by atoms with Crippen molar-refractivity contribution in [3.8, 4) is 0 Å². The predicted molar refractivity (Wildman–Crippen MR) is 76.4 cm³/mol. The molecule has 0 heterocycles. The summed E-state index contributed by atoms with van der Waals surface area (Å²) in [4.78, 5) is 25.1. The van der Waals surface area contributed by atoms with E-state index in [0.717, 1.165) is 0 Å². The number of rotatable bonds is 6. The molecule has 1 aliphatic rings. The van der Waals surface area contributed by atoms with Gasteiger partial charge >= 0.3 is 5.97 Å². The van der Waals surface area contributed by atoms with E-state index in [0.29, 0.717) is 25.8 Å². The highest BCUT2D eigenvalue weighted by Gasteiger charge is 2.58. The molecule has 1 N–H and O–H groups in total. The van der Waals surface area contributed by atoms with Gasteiger partial charge in [0.25, 0.3) is 0 Å². The Hall–Kier alpha value is -1.62. The maximum Gasteiger partial charge on any atom is 0.319 e. The van der Waals surface area contributed by atoms with Crippen LogP contribution in [-0.4, -0.2) is 28.4 Å². The summed E-state index contributed by atoms with van der Waals surface area (Å²) < 4.78 is 13.8. The minimum atomic E-state index is -1.31. The number of hydrogen-bond acceptors (Lipinski definition) is 2. The smallest absolute Gasteiger partial charge is 0.319 e. The number of carbonyl (C=O) groups excluding carboxylic acids is 1. The van der Waals surface area contributed by atoms with Crippen LogP contribution in [0.4, 0.5) is 4.39 Å². The second-order valence-electron chi connectivity index (χ2n) is 5.31. The van der Waals surface area contributed by atoms with Crippen LogP contribution in [0.5, 0.6) is 0 Å². The van der Waals surface area contributed by atoms with Gasteiger partial charge in [-0.15, -0.1) is 0 Å². The zero-order chi connectivity index (χ0) is 15.6. The molecule has 0 aromatic heterocycles. The number of aliphatic carboxylic acids is 1. The van der Waals surface area contributed by atoms with Gasteiger partial charge in [0.05, 0.1) is 6.54 Å². The molecular weight excluding hydrogens is 297 g/mol. The lowest BCUT2D eigenvalue weighted by Gasteiger charge is -2.26. The molecule has 1 aromatic rings. The highest BCUT2D eigenvalue weighted by atomic mass is 35.5. The molecule has 2 rings (SSSR count). The SMILES string of the molecule is CCCN(Cc1c(F)cccc1Cl)C(=O)C1(C(=O)O)CC1. The summed E-state index contributed by atoms with van der Waals surface area (Å²) in [5, 5.41) is 9.46. The Morgan fingerprint density at radius 2 is 2.10 bits per heavy atom. The molecule has 4 nitrogen and oxygen atoms in total. The summed E-state index contributed by atoms with van der Waals surface area (Å²) in [6.45, 7) is 2.25. The average molecular weight is 314 g/mol. The third kappa shape index (κ3) is 3.02. The molecule has 6 heteroatoms. The van der Waals surface area contributed by atoms with Crippen molar-refractivity contribution in [2.75, 3.05) is 6.54 Å². The first-order valence-corrected chi connectivity index (χ1v) is 7.26. The molecule has 0 aliphatic heterocycles. The van der Waals surface area contributed by atoms with Crippen LogP contribution in [0.2, 0.25) is 5.02 Å². The fraction of sp³-hybridized carbons (Fsp3) is 0.467. The van der Waals surface area contributed by atoms with Gasteiger partial charge in [0, 0.05) is 17.1 Å². The van der Waals surface area contributed by atoms with Crippen LogP contribution in [0.15, 0.2) is 18.2 Å². The van der Waals surface area contributed by atoms with Gasteiger partial charge in [0.1, 0.15) is 11.2 Å². The maximum atomic E-state index is 13.8. The van der Waals surface area contributed by atoms with E-state index in [2.05, 4.69) is 0 Å². The monoisotopic (exact) mass is 313 g/mol. The van der Waals surface area contributed by atoms with Gasteiger partial charge in [-0.2, -0.15) is 0 Å². The van der Waals surface area contributed by atoms with Crippen molar-refractivity contribution >= 4 is 23.5 Å². The first kappa shape index (κ1) is 15.8. The summed E-state index contributed by atoms with van der Waals surface area (Å²) >= 11 is 5.98. The second kappa shape index (κ2) is 6.02. The number of benzene rings is 1. The normalized spacial score (nSPS) is 15.6. The van der Waals surface area contributed by atoms with Gasteiger partial charge in [-0.3, -0.25) is 9.59 Å². The Morgan fingerprint density at radius 3 is 2.57 bits per heavy atom. The van der Waals surface area contributed by atoms with Crippen LogP contribution in [0.1, 0.15) is 31.7 Å². The van der Waals surface area contributed by atoms with Gasteiger partial charge in [-0.25, -0.2) is 4.39 Å².